The summed E-state index contributed by atoms with van der Waals surface area (Å²) in [6, 6.07) is 5.18. The van der Waals surface area contributed by atoms with Crippen LogP contribution < -0.4 is 4.74 Å². The predicted molar refractivity (Wildman–Crippen MR) is 74.9 cm³/mol. The fourth-order valence-corrected chi connectivity index (χ4v) is 3.30. The molecule has 1 fully saturated rings. The summed E-state index contributed by atoms with van der Waals surface area (Å²) in [6.45, 7) is 1.43. The number of carboxylic acids is 1. The zero-order valence-corrected chi connectivity index (χ0v) is 12.0. The lowest BCUT2D eigenvalue weighted by Crippen LogP contribution is -2.38. The Morgan fingerprint density at radius 3 is 2.50 bits per heavy atom. The fraction of sp³-hybridized carbons (Fsp3) is 0.562. The molecule has 0 radical (unpaired) electrons. The van der Waals surface area contributed by atoms with E-state index in [0.717, 1.165) is 19.3 Å². The van der Waals surface area contributed by atoms with Gasteiger partial charge in [0.1, 0.15) is 11.9 Å². The van der Waals surface area contributed by atoms with Crippen LogP contribution >= 0.6 is 0 Å². The number of benzene rings is 1. The van der Waals surface area contributed by atoms with Crippen LogP contribution in [0.2, 0.25) is 0 Å². The zero-order chi connectivity index (χ0) is 14.8. The van der Waals surface area contributed by atoms with Gasteiger partial charge < -0.3 is 9.84 Å². The molecule has 1 N–H and O–H groups in total. The van der Waals surface area contributed by atoms with Crippen LogP contribution in [0.15, 0.2) is 18.2 Å². The van der Waals surface area contributed by atoms with Gasteiger partial charge in [-0.25, -0.2) is 4.39 Å². The average molecular weight is 280 g/mol. The topological polar surface area (TPSA) is 46.5 Å². The van der Waals surface area contributed by atoms with Crippen LogP contribution in [0.4, 0.5) is 4.39 Å². The van der Waals surface area contributed by atoms with Gasteiger partial charge in [-0.15, -0.1) is 0 Å². The standard InChI is InChI=1S/C16H21FO3/c1-11(17)14-12(7-6-8-13(14)20-2)16(15(18)19)9-4-3-5-10-16/h6-8,11H,3-5,9-10H2,1-2H3,(H,18,19). The third-order valence-corrected chi connectivity index (χ3v) is 4.32. The molecule has 1 aliphatic carbocycles. The van der Waals surface area contributed by atoms with Crippen LogP contribution in [-0.2, 0) is 10.2 Å². The van der Waals surface area contributed by atoms with E-state index in [9.17, 15) is 14.3 Å². The number of rotatable bonds is 4. The van der Waals surface area contributed by atoms with Crippen LogP contribution in [0.25, 0.3) is 0 Å². The first-order chi connectivity index (χ1) is 9.53. The third kappa shape index (κ3) is 2.39. The Kier molecular flexibility index (Phi) is 4.31. The molecule has 0 aliphatic heterocycles. The van der Waals surface area contributed by atoms with E-state index in [1.165, 1.54) is 14.0 Å². The summed E-state index contributed by atoms with van der Waals surface area (Å²) in [5.41, 5.74) is 0.000926. The highest BCUT2D eigenvalue weighted by molar-refractivity contribution is 5.82. The lowest BCUT2D eigenvalue weighted by Gasteiger charge is -2.35. The molecule has 20 heavy (non-hydrogen) atoms. The van der Waals surface area contributed by atoms with E-state index in [2.05, 4.69) is 0 Å². The number of carboxylic acid groups (broad SMARTS) is 1. The number of ether oxygens (including phenoxy) is 1. The zero-order valence-electron chi connectivity index (χ0n) is 12.0. The molecular formula is C16H21FO3. The summed E-state index contributed by atoms with van der Waals surface area (Å²) >= 11 is 0. The summed E-state index contributed by atoms with van der Waals surface area (Å²) in [4.78, 5) is 11.9. The Labute approximate surface area is 118 Å². The maximum absolute atomic E-state index is 14.1. The maximum Gasteiger partial charge on any atom is 0.314 e. The van der Waals surface area contributed by atoms with Crippen molar-refractivity contribution in [2.75, 3.05) is 7.11 Å². The van der Waals surface area contributed by atoms with Gasteiger partial charge >= 0.3 is 5.97 Å². The number of alkyl halides is 1. The first-order valence-corrected chi connectivity index (χ1v) is 7.08. The molecule has 1 aromatic rings. The molecule has 110 valence electrons. The minimum absolute atomic E-state index is 0.388. The molecule has 0 saturated heterocycles. The van der Waals surface area contributed by atoms with Crippen molar-refractivity contribution in [3.05, 3.63) is 29.3 Å². The minimum Gasteiger partial charge on any atom is -0.496 e. The first-order valence-electron chi connectivity index (χ1n) is 7.08. The Morgan fingerprint density at radius 2 is 2.00 bits per heavy atom. The largest absolute Gasteiger partial charge is 0.496 e. The molecule has 1 aromatic carbocycles. The molecule has 0 spiro atoms. The molecule has 1 saturated carbocycles. The highest BCUT2D eigenvalue weighted by atomic mass is 19.1. The summed E-state index contributed by atoms with van der Waals surface area (Å²) in [5, 5.41) is 9.75. The van der Waals surface area contributed by atoms with Crippen molar-refractivity contribution < 1.29 is 19.0 Å². The summed E-state index contributed by atoms with van der Waals surface area (Å²) in [6.07, 6.45) is 2.65. The van der Waals surface area contributed by atoms with Crippen LogP contribution in [0.1, 0.15) is 56.3 Å². The molecule has 0 amide bonds. The van der Waals surface area contributed by atoms with Crippen molar-refractivity contribution in [3.8, 4) is 5.75 Å². The molecule has 2 rings (SSSR count). The van der Waals surface area contributed by atoms with Crippen molar-refractivity contribution in [1.29, 1.82) is 0 Å². The number of hydrogen-bond donors (Lipinski definition) is 1. The second-order valence-corrected chi connectivity index (χ2v) is 5.49. The second-order valence-electron chi connectivity index (χ2n) is 5.49. The van der Waals surface area contributed by atoms with Crippen molar-refractivity contribution >= 4 is 5.97 Å². The number of hydrogen-bond acceptors (Lipinski definition) is 2. The fourth-order valence-electron chi connectivity index (χ4n) is 3.30. The Hall–Kier alpha value is -1.58. The number of aliphatic carboxylic acids is 1. The smallest absolute Gasteiger partial charge is 0.314 e. The van der Waals surface area contributed by atoms with E-state index in [4.69, 9.17) is 4.74 Å². The van der Waals surface area contributed by atoms with E-state index in [1.54, 1.807) is 18.2 Å². The second kappa shape index (κ2) is 5.81. The highest BCUT2D eigenvalue weighted by Crippen LogP contribution is 2.45. The van der Waals surface area contributed by atoms with Crippen LogP contribution in [0.5, 0.6) is 5.75 Å². The quantitative estimate of drug-likeness (QED) is 0.906. The molecule has 3 nitrogen and oxygen atoms in total. The summed E-state index contributed by atoms with van der Waals surface area (Å²) < 4.78 is 19.3. The van der Waals surface area contributed by atoms with E-state index >= 15 is 0 Å². The van der Waals surface area contributed by atoms with Crippen molar-refractivity contribution in [3.63, 3.8) is 0 Å². The SMILES string of the molecule is COc1cccc(C2(C(=O)O)CCCCC2)c1C(C)F. The predicted octanol–water partition coefficient (Wildman–Crippen LogP) is 4.01. The normalized spacial score (nSPS) is 19.4. The minimum atomic E-state index is -1.25. The van der Waals surface area contributed by atoms with Gasteiger partial charge in [-0.3, -0.25) is 4.79 Å². The van der Waals surface area contributed by atoms with Gasteiger partial charge in [-0.05, 0) is 31.4 Å². The molecule has 4 heteroatoms. The van der Waals surface area contributed by atoms with E-state index in [1.807, 2.05) is 0 Å². The monoisotopic (exact) mass is 280 g/mol. The number of halogens is 1. The molecule has 0 heterocycles. The Morgan fingerprint density at radius 1 is 1.35 bits per heavy atom. The Balaban J connectivity index is 2.62. The number of methoxy groups -OCH3 is 1. The highest BCUT2D eigenvalue weighted by Gasteiger charge is 2.43. The molecule has 1 unspecified atom stereocenters. The van der Waals surface area contributed by atoms with Gasteiger partial charge in [0, 0.05) is 5.56 Å². The Bertz CT molecular complexity index is 490. The van der Waals surface area contributed by atoms with Crippen LogP contribution in [0.3, 0.4) is 0 Å². The lowest BCUT2D eigenvalue weighted by atomic mass is 9.67. The molecular weight excluding hydrogens is 259 g/mol. The number of carbonyl (C=O) groups is 1. The molecule has 0 bridgehead atoms. The van der Waals surface area contributed by atoms with Crippen molar-refractivity contribution in [2.24, 2.45) is 0 Å². The third-order valence-electron chi connectivity index (χ3n) is 4.32. The van der Waals surface area contributed by atoms with Crippen molar-refractivity contribution in [2.45, 2.75) is 50.6 Å². The van der Waals surface area contributed by atoms with Crippen LogP contribution in [0, 0.1) is 0 Å². The van der Waals surface area contributed by atoms with E-state index < -0.39 is 17.6 Å². The van der Waals surface area contributed by atoms with E-state index in [0.29, 0.717) is 29.7 Å². The van der Waals surface area contributed by atoms with Gasteiger partial charge in [0.25, 0.3) is 0 Å². The maximum atomic E-state index is 14.1. The average Bonchev–Trinajstić information content (AvgIpc) is 2.46. The van der Waals surface area contributed by atoms with Crippen molar-refractivity contribution in [1.82, 2.24) is 0 Å². The summed E-state index contributed by atoms with van der Waals surface area (Å²) in [7, 11) is 1.49. The first kappa shape index (κ1) is 14.8. The molecule has 1 atom stereocenters. The van der Waals surface area contributed by atoms with Gasteiger partial charge in [0.15, 0.2) is 0 Å². The lowest BCUT2D eigenvalue weighted by molar-refractivity contribution is -0.145. The van der Waals surface area contributed by atoms with Gasteiger partial charge in [-0.1, -0.05) is 31.4 Å². The molecule has 1 aliphatic rings. The van der Waals surface area contributed by atoms with Gasteiger partial charge in [0.2, 0.25) is 0 Å². The van der Waals surface area contributed by atoms with Crippen LogP contribution in [-0.4, -0.2) is 18.2 Å². The van der Waals surface area contributed by atoms with Gasteiger partial charge in [-0.2, -0.15) is 0 Å². The van der Waals surface area contributed by atoms with Gasteiger partial charge in [0.05, 0.1) is 12.5 Å². The summed E-state index contributed by atoms with van der Waals surface area (Å²) in [5.74, 6) is -0.420. The van der Waals surface area contributed by atoms with E-state index in [-0.39, 0.29) is 0 Å². The molecule has 0 aromatic heterocycles.